The number of piperazine rings is 1. The lowest BCUT2D eigenvalue weighted by Gasteiger charge is -2.38. The van der Waals surface area contributed by atoms with Crippen molar-refractivity contribution < 1.29 is 22.7 Å². The van der Waals surface area contributed by atoms with E-state index >= 15 is 0 Å². The minimum atomic E-state index is -3.53. The van der Waals surface area contributed by atoms with Crippen molar-refractivity contribution in [3.8, 4) is 0 Å². The Morgan fingerprint density at radius 2 is 1.90 bits per heavy atom. The second-order valence-corrected chi connectivity index (χ2v) is 6.90. The van der Waals surface area contributed by atoms with Gasteiger partial charge in [-0.2, -0.15) is 4.31 Å². The summed E-state index contributed by atoms with van der Waals surface area (Å²) in [6.45, 7) is 3.94. The fourth-order valence-electron chi connectivity index (χ4n) is 2.01. The Kier molecular flexibility index (Phi) is 5.35. The third-order valence-corrected chi connectivity index (χ3v) is 4.22. The van der Waals surface area contributed by atoms with Crippen LogP contribution >= 0.6 is 0 Å². The van der Waals surface area contributed by atoms with Crippen LogP contribution in [-0.4, -0.2) is 74.7 Å². The van der Waals surface area contributed by atoms with Gasteiger partial charge in [0.2, 0.25) is 10.0 Å². The number of methoxy groups -OCH3 is 1. The van der Waals surface area contributed by atoms with Gasteiger partial charge < -0.3 is 15.0 Å². The summed E-state index contributed by atoms with van der Waals surface area (Å²) in [5.41, 5.74) is 0. The van der Waals surface area contributed by atoms with Crippen LogP contribution in [0.3, 0.4) is 0 Å². The maximum Gasteiger partial charge on any atom is 0.326 e. The molecule has 1 fully saturated rings. The molecule has 0 aromatic rings. The lowest BCUT2D eigenvalue weighted by atomic mass is 10.2. The summed E-state index contributed by atoms with van der Waals surface area (Å²) < 4.78 is 29.0. The molecule has 9 heteroatoms. The topological polar surface area (TPSA) is 96.0 Å². The van der Waals surface area contributed by atoms with Crippen molar-refractivity contribution in [2.45, 2.75) is 25.9 Å². The first-order valence-electron chi connectivity index (χ1n) is 6.27. The predicted octanol–water partition coefficient (Wildman–Crippen LogP) is -0.777. The van der Waals surface area contributed by atoms with Gasteiger partial charge in [0.1, 0.15) is 6.04 Å². The Bertz CT molecular complexity index is 476. The molecule has 0 unspecified atom stereocenters. The van der Waals surface area contributed by atoms with Crippen LogP contribution in [0.15, 0.2) is 0 Å². The molecular weight excluding hydrogens is 286 g/mol. The molecular formula is C11H21N3O5S. The molecule has 8 nitrogen and oxygen atoms in total. The van der Waals surface area contributed by atoms with Crippen LogP contribution in [0, 0.1) is 0 Å². The number of carbonyl (C=O) groups excluding carboxylic acids is 2. The van der Waals surface area contributed by atoms with Crippen LogP contribution < -0.4 is 5.32 Å². The fourth-order valence-corrected chi connectivity index (χ4v) is 3.04. The summed E-state index contributed by atoms with van der Waals surface area (Å²) >= 11 is 0. The Balaban J connectivity index is 2.87. The lowest BCUT2D eigenvalue weighted by molar-refractivity contribution is -0.146. The van der Waals surface area contributed by atoms with Crippen molar-refractivity contribution in [2.75, 3.05) is 33.0 Å². The van der Waals surface area contributed by atoms with Gasteiger partial charge in [0.15, 0.2) is 0 Å². The van der Waals surface area contributed by atoms with Gasteiger partial charge in [-0.15, -0.1) is 0 Å². The Labute approximate surface area is 119 Å². The van der Waals surface area contributed by atoms with E-state index in [2.05, 4.69) is 10.1 Å². The van der Waals surface area contributed by atoms with Crippen molar-refractivity contribution in [3.05, 3.63) is 0 Å². The second-order valence-electron chi connectivity index (χ2n) is 4.96. The van der Waals surface area contributed by atoms with Crippen molar-refractivity contribution in [1.29, 1.82) is 0 Å². The number of amides is 2. The number of rotatable bonds is 3. The highest BCUT2D eigenvalue weighted by molar-refractivity contribution is 7.88. The highest BCUT2D eigenvalue weighted by atomic mass is 32.2. The van der Waals surface area contributed by atoms with Crippen LogP contribution in [0.2, 0.25) is 0 Å². The average molecular weight is 307 g/mol. The normalized spacial score (nSPS) is 20.9. The molecule has 1 atom stereocenters. The van der Waals surface area contributed by atoms with E-state index in [9.17, 15) is 18.0 Å². The van der Waals surface area contributed by atoms with Gasteiger partial charge in [-0.3, -0.25) is 4.79 Å². The number of nitrogens with one attached hydrogen (secondary N) is 1. The van der Waals surface area contributed by atoms with Gasteiger partial charge in [0, 0.05) is 25.7 Å². The standard InChI is InChI=1S/C11H21N3O5S/c1-8(2)12-11(16)13-5-6-14(20(4,17)18)9(7-13)10(15)19-3/h8-9H,5-7H2,1-4H3,(H,12,16)/t9-/m1/s1. The number of ether oxygens (including phenoxy) is 1. The highest BCUT2D eigenvalue weighted by Crippen LogP contribution is 2.15. The van der Waals surface area contributed by atoms with E-state index in [4.69, 9.17) is 0 Å². The molecule has 1 N–H and O–H groups in total. The van der Waals surface area contributed by atoms with Crippen molar-refractivity contribution >= 4 is 22.0 Å². The number of hydrogen-bond donors (Lipinski definition) is 1. The van der Waals surface area contributed by atoms with Gasteiger partial charge in [0.25, 0.3) is 0 Å². The van der Waals surface area contributed by atoms with Gasteiger partial charge in [0.05, 0.1) is 13.4 Å². The molecule has 0 saturated carbocycles. The summed E-state index contributed by atoms with van der Waals surface area (Å²) in [5, 5.41) is 2.71. The van der Waals surface area contributed by atoms with Crippen molar-refractivity contribution in [3.63, 3.8) is 0 Å². The van der Waals surface area contributed by atoms with E-state index < -0.39 is 22.0 Å². The van der Waals surface area contributed by atoms with E-state index in [1.54, 1.807) is 0 Å². The smallest absolute Gasteiger partial charge is 0.326 e. The average Bonchev–Trinajstić information content (AvgIpc) is 2.35. The molecule has 1 rings (SSSR count). The largest absolute Gasteiger partial charge is 0.468 e. The van der Waals surface area contributed by atoms with Crippen LogP contribution in [0.25, 0.3) is 0 Å². The zero-order valence-corrected chi connectivity index (χ0v) is 12.9. The first-order valence-corrected chi connectivity index (χ1v) is 8.11. The molecule has 0 spiro atoms. The molecule has 2 amide bonds. The molecule has 0 radical (unpaired) electrons. The van der Waals surface area contributed by atoms with Crippen LogP contribution in [-0.2, 0) is 19.6 Å². The molecule has 1 saturated heterocycles. The molecule has 0 aromatic carbocycles. The Morgan fingerprint density at radius 1 is 1.30 bits per heavy atom. The zero-order chi connectivity index (χ0) is 15.5. The lowest BCUT2D eigenvalue weighted by Crippen LogP contribution is -2.61. The van der Waals surface area contributed by atoms with E-state index in [0.29, 0.717) is 0 Å². The summed E-state index contributed by atoms with van der Waals surface area (Å²) in [4.78, 5) is 25.1. The van der Waals surface area contributed by atoms with Gasteiger partial charge in [-0.25, -0.2) is 13.2 Å². The van der Waals surface area contributed by atoms with Crippen molar-refractivity contribution in [1.82, 2.24) is 14.5 Å². The van der Waals surface area contributed by atoms with Gasteiger partial charge >= 0.3 is 12.0 Å². The van der Waals surface area contributed by atoms with Gasteiger partial charge in [-0.1, -0.05) is 0 Å². The fraction of sp³-hybridized carbons (Fsp3) is 0.818. The summed E-state index contributed by atoms with van der Waals surface area (Å²) in [5.74, 6) is -0.669. The van der Waals surface area contributed by atoms with Crippen molar-refractivity contribution in [2.24, 2.45) is 0 Å². The minimum absolute atomic E-state index is 0.0156. The van der Waals surface area contributed by atoms with Crippen LogP contribution in [0.5, 0.6) is 0 Å². The molecule has 0 bridgehead atoms. The van der Waals surface area contributed by atoms with Crippen LogP contribution in [0.1, 0.15) is 13.8 Å². The number of sulfonamides is 1. The highest BCUT2D eigenvalue weighted by Gasteiger charge is 2.39. The Hall–Kier alpha value is -1.35. The van der Waals surface area contributed by atoms with E-state index in [1.807, 2.05) is 13.8 Å². The number of hydrogen-bond acceptors (Lipinski definition) is 5. The van der Waals surface area contributed by atoms with E-state index in [1.165, 1.54) is 12.0 Å². The van der Waals surface area contributed by atoms with Gasteiger partial charge in [-0.05, 0) is 13.8 Å². The molecule has 20 heavy (non-hydrogen) atoms. The Morgan fingerprint density at radius 3 is 2.35 bits per heavy atom. The minimum Gasteiger partial charge on any atom is -0.468 e. The zero-order valence-electron chi connectivity index (χ0n) is 12.1. The van der Waals surface area contributed by atoms with Crippen LogP contribution in [0.4, 0.5) is 4.79 Å². The summed E-state index contributed by atoms with van der Waals surface area (Å²) in [6, 6.07) is -1.35. The summed E-state index contributed by atoms with van der Waals surface area (Å²) in [7, 11) is -2.34. The first-order chi connectivity index (χ1) is 9.16. The molecule has 0 aliphatic carbocycles. The molecule has 116 valence electrons. The monoisotopic (exact) mass is 307 g/mol. The summed E-state index contributed by atoms with van der Waals surface area (Å²) in [6.07, 6.45) is 1.03. The van der Waals surface area contributed by atoms with E-state index in [0.717, 1.165) is 10.6 Å². The predicted molar refractivity (Wildman–Crippen MR) is 72.6 cm³/mol. The quantitative estimate of drug-likeness (QED) is 0.690. The number of urea groups is 1. The molecule has 1 aliphatic rings. The SMILES string of the molecule is COC(=O)[C@H]1CN(C(=O)NC(C)C)CCN1S(C)(=O)=O. The maximum absolute atomic E-state index is 11.9. The number of nitrogens with zero attached hydrogens (tertiary/aromatic N) is 2. The molecule has 1 aliphatic heterocycles. The van der Waals surface area contributed by atoms with E-state index in [-0.39, 0.29) is 31.7 Å². The number of carbonyl (C=O) groups is 2. The molecule has 0 aromatic heterocycles. The third-order valence-electron chi connectivity index (χ3n) is 2.93. The molecule has 1 heterocycles. The third kappa shape index (κ3) is 4.07. The second kappa shape index (κ2) is 6.40. The number of esters is 1. The maximum atomic E-state index is 11.9. The first kappa shape index (κ1) is 16.7.